The molecule has 0 aliphatic rings. The zero-order chi connectivity index (χ0) is 18.7. The van der Waals surface area contributed by atoms with Gasteiger partial charge in [-0.15, -0.1) is 0 Å². The van der Waals surface area contributed by atoms with Crippen LogP contribution in [0.2, 0.25) is 5.02 Å². The fraction of sp³-hybridized carbons (Fsp3) is 0.316. The van der Waals surface area contributed by atoms with Gasteiger partial charge < -0.3 is 9.88 Å². The second kappa shape index (κ2) is 7.68. The van der Waals surface area contributed by atoms with Crippen LogP contribution in [0.15, 0.2) is 42.7 Å². The number of alkyl halides is 3. The third kappa shape index (κ3) is 4.19. The Morgan fingerprint density at radius 1 is 1.15 bits per heavy atom. The minimum absolute atomic E-state index is 0.600. The lowest BCUT2D eigenvalue weighted by atomic mass is 10.1. The predicted octanol–water partition coefficient (Wildman–Crippen LogP) is 4.71. The smallest absolute Gasteiger partial charge is 0.347 e. The lowest BCUT2D eigenvalue weighted by Crippen LogP contribution is -2.10. The molecule has 0 aliphatic carbocycles. The molecule has 7 heteroatoms. The third-order valence-electron chi connectivity index (χ3n) is 4.33. The Labute approximate surface area is 154 Å². The molecular weight excluding hydrogens is 363 g/mol. The van der Waals surface area contributed by atoms with Crippen LogP contribution >= 0.6 is 11.6 Å². The summed E-state index contributed by atoms with van der Waals surface area (Å²) in [5, 5.41) is 4.94. The van der Waals surface area contributed by atoms with Crippen molar-refractivity contribution in [3.8, 4) is 0 Å². The van der Waals surface area contributed by atoms with E-state index < -0.39 is 11.9 Å². The van der Waals surface area contributed by atoms with E-state index in [4.69, 9.17) is 11.6 Å². The molecule has 2 heterocycles. The van der Waals surface area contributed by atoms with E-state index in [9.17, 15) is 13.2 Å². The van der Waals surface area contributed by atoms with Gasteiger partial charge in [-0.05, 0) is 61.8 Å². The molecule has 0 unspecified atom stereocenters. The molecule has 2 aromatic heterocycles. The minimum Gasteiger partial charge on any atom is -0.347 e. The SMILES string of the molecule is CNCCc1cn(CCc2ccc(C(F)(F)F)nc2)c2ccc(Cl)cc12. The molecule has 0 atom stereocenters. The van der Waals surface area contributed by atoms with Crippen molar-refractivity contribution in [1.82, 2.24) is 14.9 Å². The summed E-state index contributed by atoms with van der Waals surface area (Å²) >= 11 is 6.13. The van der Waals surface area contributed by atoms with Crippen molar-refractivity contribution in [2.45, 2.75) is 25.6 Å². The summed E-state index contributed by atoms with van der Waals surface area (Å²) in [6, 6.07) is 8.30. The van der Waals surface area contributed by atoms with Crippen molar-refractivity contribution in [3.05, 3.63) is 64.6 Å². The van der Waals surface area contributed by atoms with Gasteiger partial charge in [0.1, 0.15) is 5.69 Å². The molecule has 0 saturated heterocycles. The van der Waals surface area contributed by atoms with Gasteiger partial charge >= 0.3 is 6.18 Å². The molecule has 0 aliphatic heterocycles. The molecule has 3 rings (SSSR count). The number of pyridine rings is 1. The Morgan fingerprint density at radius 3 is 2.62 bits per heavy atom. The number of fused-ring (bicyclic) bond motifs is 1. The molecule has 26 heavy (non-hydrogen) atoms. The lowest BCUT2D eigenvalue weighted by Gasteiger charge is -2.08. The van der Waals surface area contributed by atoms with Crippen molar-refractivity contribution in [3.63, 3.8) is 0 Å². The zero-order valence-corrected chi connectivity index (χ0v) is 15.0. The number of aromatic nitrogens is 2. The first-order chi connectivity index (χ1) is 12.4. The van der Waals surface area contributed by atoms with Crippen LogP contribution in [0.4, 0.5) is 13.2 Å². The number of benzene rings is 1. The predicted molar refractivity (Wildman–Crippen MR) is 97.5 cm³/mol. The first-order valence-electron chi connectivity index (χ1n) is 8.32. The summed E-state index contributed by atoms with van der Waals surface area (Å²) in [6.45, 7) is 1.51. The molecule has 0 radical (unpaired) electrons. The van der Waals surface area contributed by atoms with Gasteiger partial charge in [-0.25, -0.2) is 0 Å². The summed E-state index contributed by atoms with van der Waals surface area (Å²) in [5.74, 6) is 0. The fourth-order valence-corrected chi connectivity index (χ4v) is 3.15. The topological polar surface area (TPSA) is 29.9 Å². The van der Waals surface area contributed by atoms with Gasteiger partial charge in [0.05, 0.1) is 0 Å². The Hall–Kier alpha value is -2.05. The number of aryl methyl sites for hydroxylation is 2. The Morgan fingerprint density at radius 2 is 1.96 bits per heavy atom. The average Bonchev–Trinajstić information content (AvgIpc) is 2.94. The number of likely N-dealkylation sites (N-methyl/N-ethyl adjacent to an activating group) is 1. The van der Waals surface area contributed by atoms with Gasteiger partial charge in [0, 0.05) is 34.9 Å². The monoisotopic (exact) mass is 381 g/mol. The second-order valence-electron chi connectivity index (χ2n) is 6.16. The van der Waals surface area contributed by atoms with E-state index in [0.29, 0.717) is 18.0 Å². The Bertz CT molecular complexity index is 885. The van der Waals surface area contributed by atoms with E-state index in [1.807, 2.05) is 25.2 Å². The molecule has 1 aromatic carbocycles. The molecule has 0 fully saturated rings. The highest BCUT2D eigenvalue weighted by molar-refractivity contribution is 6.31. The van der Waals surface area contributed by atoms with Crippen LogP contribution in [-0.2, 0) is 25.6 Å². The summed E-state index contributed by atoms with van der Waals surface area (Å²) in [4.78, 5) is 3.52. The van der Waals surface area contributed by atoms with E-state index in [-0.39, 0.29) is 0 Å². The maximum atomic E-state index is 12.6. The normalized spacial score (nSPS) is 12.0. The number of nitrogens with one attached hydrogen (secondary N) is 1. The van der Waals surface area contributed by atoms with Gasteiger partial charge in [-0.2, -0.15) is 13.2 Å². The summed E-state index contributed by atoms with van der Waals surface area (Å²) < 4.78 is 39.9. The van der Waals surface area contributed by atoms with E-state index in [0.717, 1.165) is 35.5 Å². The number of hydrogen-bond acceptors (Lipinski definition) is 2. The van der Waals surface area contributed by atoms with Gasteiger partial charge in [-0.1, -0.05) is 17.7 Å². The highest BCUT2D eigenvalue weighted by atomic mass is 35.5. The van der Waals surface area contributed by atoms with E-state index in [2.05, 4.69) is 21.1 Å². The molecule has 3 aromatic rings. The standard InChI is InChI=1S/C19H19ClF3N3/c1-24-8-6-14-12-26(17-4-3-15(20)10-16(14)17)9-7-13-2-5-18(25-11-13)19(21,22)23/h2-5,10-12,24H,6-9H2,1H3. The highest BCUT2D eigenvalue weighted by Gasteiger charge is 2.31. The lowest BCUT2D eigenvalue weighted by molar-refractivity contribution is -0.141. The molecule has 0 saturated carbocycles. The molecule has 0 bridgehead atoms. The van der Waals surface area contributed by atoms with Crippen LogP contribution in [0.1, 0.15) is 16.8 Å². The Kier molecular flexibility index (Phi) is 5.53. The molecular formula is C19H19ClF3N3. The summed E-state index contributed by atoms with van der Waals surface area (Å²) in [5.41, 5.74) is 2.17. The molecule has 138 valence electrons. The summed E-state index contributed by atoms with van der Waals surface area (Å²) in [6.07, 6.45) is 0.463. The average molecular weight is 382 g/mol. The van der Waals surface area contributed by atoms with Crippen molar-refractivity contribution in [2.75, 3.05) is 13.6 Å². The van der Waals surface area contributed by atoms with Crippen molar-refractivity contribution < 1.29 is 13.2 Å². The van der Waals surface area contributed by atoms with Crippen LogP contribution < -0.4 is 5.32 Å². The van der Waals surface area contributed by atoms with Gasteiger partial charge in [0.2, 0.25) is 0 Å². The number of rotatable bonds is 6. The van der Waals surface area contributed by atoms with Crippen molar-refractivity contribution in [2.24, 2.45) is 0 Å². The van der Waals surface area contributed by atoms with Gasteiger partial charge in [-0.3, -0.25) is 4.98 Å². The van der Waals surface area contributed by atoms with Gasteiger partial charge in [0.15, 0.2) is 0 Å². The maximum Gasteiger partial charge on any atom is 0.433 e. The van der Waals surface area contributed by atoms with E-state index >= 15 is 0 Å². The number of hydrogen-bond donors (Lipinski definition) is 1. The highest BCUT2D eigenvalue weighted by Crippen LogP contribution is 2.28. The van der Waals surface area contributed by atoms with Crippen molar-refractivity contribution >= 4 is 22.5 Å². The molecule has 0 amide bonds. The molecule has 3 nitrogen and oxygen atoms in total. The maximum absolute atomic E-state index is 12.6. The van der Waals surface area contributed by atoms with Crippen molar-refractivity contribution in [1.29, 1.82) is 0 Å². The Balaban J connectivity index is 1.80. The van der Waals surface area contributed by atoms with Crippen LogP contribution in [-0.4, -0.2) is 23.1 Å². The van der Waals surface area contributed by atoms with Gasteiger partial charge in [0.25, 0.3) is 0 Å². The second-order valence-corrected chi connectivity index (χ2v) is 6.60. The first-order valence-corrected chi connectivity index (χ1v) is 8.70. The van der Waals surface area contributed by atoms with Crippen LogP contribution in [0, 0.1) is 0 Å². The minimum atomic E-state index is -4.41. The van der Waals surface area contributed by atoms with Crippen LogP contribution in [0.25, 0.3) is 10.9 Å². The number of halogens is 4. The van der Waals surface area contributed by atoms with Crippen LogP contribution in [0.3, 0.4) is 0 Å². The molecule has 1 N–H and O–H groups in total. The molecule has 0 spiro atoms. The summed E-state index contributed by atoms with van der Waals surface area (Å²) in [7, 11) is 1.91. The quantitative estimate of drug-likeness (QED) is 0.670. The van der Waals surface area contributed by atoms with E-state index in [1.165, 1.54) is 17.8 Å². The fourth-order valence-electron chi connectivity index (χ4n) is 2.98. The number of nitrogens with zero attached hydrogens (tertiary/aromatic N) is 2. The van der Waals surface area contributed by atoms with Crippen LogP contribution in [0.5, 0.6) is 0 Å². The largest absolute Gasteiger partial charge is 0.433 e. The third-order valence-corrected chi connectivity index (χ3v) is 4.56. The van der Waals surface area contributed by atoms with E-state index in [1.54, 1.807) is 0 Å². The zero-order valence-electron chi connectivity index (χ0n) is 14.3. The first kappa shape index (κ1) is 18.7.